The van der Waals surface area contributed by atoms with E-state index in [0.717, 1.165) is 24.5 Å². The van der Waals surface area contributed by atoms with Gasteiger partial charge in [0.1, 0.15) is 13.2 Å². The summed E-state index contributed by atoms with van der Waals surface area (Å²) < 4.78 is 10.6. The molecule has 32 heavy (non-hydrogen) atoms. The van der Waals surface area contributed by atoms with Gasteiger partial charge in [-0.25, -0.2) is 0 Å². The number of carbonyl (C=O) groups excluding carboxylic acids is 2. The van der Waals surface area contributed by atoms with E-state index in [-0.39, 0.29) is 38.0 Å². The van der Waals surface area contributed by atoms with Crippen molar-refractivity contribution in [2.24, 2.45) is 0 Å². The zero-order valence-corrected chi connectivity index (χ0v) is 19.8. The van der Waals surface area contributed by atoms with Crippen LogP contribution in [0.3, 0.4) is 0 Å². The van der Waals surface area contributed by atoms with E-state index in [2.05, 4.69) is 61.8 Å². The Morgan fingerprint density at radius 1 is 0.719 bits per heavy atom. The van der Waals surface area contributed by atoms with E-state index in [4.69, 9.17) is 9.47 Å². The maximum absolute atomic E-state index is 12.0. The van der Waals surface area contributed by atoms with Gasteiger partial charge in [0.2, 0.25) is 0 Å². The Morgan fingerprint density at radius 3 is 1.47 bits per heavy atom. The van der Waals surface area contributed by atoms with Crippen molar-refractivity contribution in [3.63, 3.8) is 0 Å². The van der Waals surface area contributed by atoms with Crippen LogP contribution in [0.1, 0.15) is 37.8 Å². The van der Waals surface area contributed by atoms with Gasteiger partial charge in [0.15, 0.2) is 0 Å². The number of carbonyl (C=O) groups is 2. The molecule has 0 aliphatic rings. The number of rotatable bonds is 13. The number of aryl methyl sites for hydroxylation is 2. The number of ether oxygens (including phenoxy) is 2. The van der Waals surface area contributed by atoms with Crippen LogP contribution in [0.15, 0.2) is 48.5 Å². The summed E-state index contributed by atoms with van der Waals surface area (Å²) in [5.41, 5.74) is 4.60. The number of nitrogens with zero attached hydrogens (tertiary/aromatic N) is 2. The highest BCUT2D eigenvalue weighted by Crippen LogP contribution is 2.16. The summed E-state index contributed by atoms with van der Waals surface area (Å²) in [6, 6.07) is 16.5. The van der Waals surface area contributed by atoms with E-state index in [1.165, 1.54) is 11.1 Å². The minimum absolute atomic E-state index is 0.0325. The first-order chi connectivity index (χ1) is 15.4. The molecule has 0 heterocycles. The van der Waals surface area contributed by atoms with Gasteiger partial charge in [0.25, 0.3) is 0 Å². The highest BCUT2D eigenvalue weighted by atomic mass is 16.5. The molecule has 0 bridgehead atoms. The second kappa shape index (κ2) is 13.4. The van der Waals surface area contributed by atoms with Gasteiger partial charge in [-0.2, -0.15) is 0 Å². The molecule has 0 aromatic heterocycles. The molecule has 174 valence electrons. The standard InChI is InChI=1S/C26H36N2O4/c1-5-27(23-11-7-9-21(3)19-23)15-17-31-25(29)13-14-26(30)32-18-16-28(6-2)24-12-8-10-22(4)20-24/h7-12,19-20H,5-6,13-18H2,1-4H3. The highest BCUT2D eigenvalue weighted by Gasteiger charge is 2.12. The average Bonchev–Trinajstić information content (AvgIpc) is 2.78. The summed E-state index contributed by atoms with van der Waals surface area (Å²) in [5.74, 6) is -0.755. The maximum atomic E-state index is 12.0. The second-order valence-electron chi connectivity index (χ2n) is 7.78. The molecule has 0 aliphatic carbocycles. The molecule has 2 aromatic carbocycles. The molecule has 0 amide bonds. The van der Waals surface area contributed by atoms with Gasteiger partial charge >= 0.3 is 11.9 Å². The van der Waals surface area contributed by atoms with E-state index in [9.17, 15) is 9.59 Å². The molecule has 6 nitrogen and oxygen atoms in total. The summed E-state index contributed by atoms with van der Waals surface area (Å²) in [7, 11) is 0. The number of esters is 2. The Bertz CT molecular complexity index is 797. The van der Waals surface area contributed by atoms with Gasteiger partial charge in [0, 0.05) is 24.5 Å². The number of likely N-dealkylation sites (N-methyl/N-ethyl adjacent to an activating group) is 2. The lowest BCUT2D eigenvalue weighted by Gasteiger charge is -2.23. The minimum atomic E-state index is -0.378. The lowest BCUT2D eigenvalue weighted by molar-refractivity contribution is -0.150. The predicted octanol–water partition coefficient (Wildman–Crippen LogP) is 4.52. The van der Waals surface area contributed by atoms with Crippen LogP contribution in [0.4, 0.5) is 11.4 Å². The van der Waals surface area contributed by atoms with Gasteiger partial charge in [-0.3, -0.25) is 9.59 Å². The molecule has 2 aromatic rings. The first-order valence-corrected chi connectivity index (χ1v) is 11.4. The molecule has 0 unspecified atom stereocenters. The Balaban J connectivity index is 1.64. The molecule has 0 N–H and O–H groups in total. The van der Waals surface area contributed by atoms with Crippen molar-refractivity contribution in [3.8, 4) is 0 Å². The van der Waals surface area contributed by atoms with Gasteiger partial charge in [-0.1, -0.05) is 24.3 Å². The highest BCUT2D eigenvalue weighted by molar-refractivity contribution is 5.77. The maximum Gasteiger partial charge on any atom is 0.306 e. The molecule has 0 saturated heterocycles. The van der Waals surface area contributed by atoms with Crippen LogP contribution in [-0.4, -0.2) is 51.3 Å². The molecule has 6 heteroatoms. The largest absolute Gasteiger partial charge is 0.464 e. The first-order valence-electron chi connectivity index (χ1n) is 11.4. The molecular formula is C26H36N2O4. The van der Waals surface area contributed by atoms with Crippen molar-refractivity contribution >= 4 is 23.3 Å². The molecule has 0 radical (unpaired) electrons. The smallest absolute Gasteiger partial charge is 0.306 e. The minimum Gasteiger partial charge on any atom is -0.464 e. The number of hydrogen-bond acceptors (Lipinski definition) is 6. The Kier molecular flexibility index (Phi) is 10.6. The average molecular weight is 441 g/mol. The van der Waals surface area contributed by atoms with E-state index >= 15 is 0 Å². The summed E-state index contributed by atoms with van der Waals surface area (Å²) in [6.07, 6.45) is 0.0650. The first kappa shape index (κ1) is 25.2. The normalized spacial score (nSPS) is 10.5. The van der Waals surface area contributed by atoms with E-state index in [1.54, 1.807) is 0 Å². The lowest BCUT2D eigenvalue weighted by Crippen LogP contribution is -2.28. The number of anilines is 2. The summed E-state index contributed by atoms with van der Waals surface area (Å²) >= 11 is 0. The topological polar surface area (TPSA) is 59.1 Å². The fourth-order valence-corrected chi connectivity index (χ4v) is 3.48. The quantitative estimate of drug-likeness (QED) is 0.427. The number of hydrogen-bond donors (Lipinski definition) is 0. The van der Waals surface area contributed by atoms with Crippen LogP contribution in [0.2, 0.25) is 0 Å². The van der Waals surface area contributed by atoms with Gasteiger partial charge in [0.05, 0.1) is 25.9 Å². The molecule has 0 aliphatic heterocycles. The zero-order valence-electron chi connectivity index (χ0n) is 19.8. The van der Waals surface area contributed by atoms with Crippen molar-refractivity contribution < 1.29 is 19.1 Å². The molecule has 0 fully saturated rings. The second-order valence-corrected chi connectivity index (χ2v) is 7.78. The van der Waals surface area contributed by atoms with Crippen LogP contribution < -0.4 is 9.80 Å². The Labute approximate surface area is 192 Å². The van der Waals surface area contributed by atoms with Crippen LogP contribution >= 0.6 is 0 Å². The third-order valence-corrected chi connectivity index (χ3v) is 5.28. The van der Waals surface area contributed by atoms with Gasteiger partial charge in [-0.15, -0.1) is 0 Å². The molecule has 0 saturated carbocycles. The van der Waals surface area contributed by atoms with Crippen molar-refractivity contribution in [2.45, 2.75) is 40.5 Å². The molecule has 2 rings (SSSR count). The summed E-state index contributed by atoms with van der Waals surface area (Å²) in [5, 5.41) is 0. The van der Waals surface area contributed by atoms with Gasteiger partial charge in [-0.05, 0) is 63.1 Å². The van der Waals surface area contributed by atoms with Crippen LogP contribution in [0.25, 0.3) is 0 Å². The monoisotopic (exact) mass is 440 g/mol. The van der Waals surface area contributed by atoms with Crippen LogP contribution in [0.5, 0.6) is 0 Å². The van der Waals surface area contributed by atoms with E-state index in [0.29, 0.717) is 13.1 Å². The van der Waals surface area contributed by atoms with Crippen LogP contribution in [0, 0.1) is 13.8 Å². The molecule has 0 atom stereocenters. The molecule has 0 spiro atoms. The van der Waals surface area contributed by atoms with E-state index < -0.39 is 0 Å². The van der Waals surface area contributed by atoms with Crippen molar-refractivity contribution in [3.05, 3.63) is 59.7 Å². The van der Waals surface area contributed by atoms with Crippen molar-refractivity contribution in [2.75, 3.05) is 49.2 Å². The predicted molar refractivity (Wildman–Crippen MR) is 129 cm³/mol. The fourth-order valence-electron chi connectivity index (χ4n) is 3.48. The Hall–Kier alpha value is -3.02. The number of benzene rings is 2. The third kappa shape index (κ3) is 8.61. The summed E-state index contributed by atoms with van der Waals surface area (Å²) in [4.78, 5) is 28.3. The Morgan fingerprint density at radius 2 is 1.12 bits per heavy atom. The fraction of sp³-hybridized carbons (Fsp3) is 0.462. The van der Waals surface area contributed by atoms with Gasteiger partial charge < -0.3 is 19.3 Å². The van der Waals surface area contributed by atoms with E-state index in [1.807, 2.05) is 24.3 Å². The SMILES string of the molecule is CCN(CCOC(=O)CCC(=O)OCCN(CC)c1cccc(C)c1)c1cccc(C)c1. The summed E-state index contributed by atoms with van der Waals surface area (Å²) in [6.45, 7) is 11.7. The van der Waals surface area contributed by atoms with Crippen molar-refractivity contribution in [1.29, 1.82) is 0 Å². The van der Waals surface area contributed by atoms with Crippen molar-refractivity contribution in [1.82, 2.24) is 0 Å². The molecular weight excluding hydrogens is 404 g/mol. The van der Waals surface area contributed by atoms with Crippen LogP contribution in [-0.2, 0) is 19.1 Å². The lowest BCUT2D eigenvalue weighted by atomic mass is 10.2. The third-order valence-electron chi connectivity index (χ3n) is 5.28. The zero-order chi connectivity index (χ0) is 23.3.